The number of nitrogens with zero attached hydrogens (tertiary/aromatic N) is 2. The van der Waals surface area contributed by atoms with Gasteiger partial charge in [-0.25, -0.2) is 4.79 Å². The van der Waals surface area contributed by atoms with Crippen molar-refractivity contribution in [3.8, 4) is 5.75 Å². The van der Waals surface area contributed by atoms with Crippen molar-refractivity contribution in [3.05, 3.63) is 22.0 Å². The van der Waals surface area contributed by atoms with E-state index in [2.05, 4.69) is 4.98 Å². The molecule has 5 heteroatoms. The van der Waals surface area contributed by atoms with E-state index in [0.717, 1.165) is 11.3 Å². The number of aryl methyl sites for hydroxylation is 2. The van der Waals surface area contributed by atoms with Crippen LogP contribution >= 0.6 is 11.6 Å². The lowest BCUT2D eigenvalue weighted by molar-refractivity contribution is 0.122. The lowest BCUT2D eigenvalue weighted by Crippen LogP contribution is -2.43. The maximum Gasteiger partial charge on any atom is 0.415 e. The third-order valence-corrected chi connectivity index (χ3v) is 3.69. The highest BCUT2D eigenvalue weighted by Crippen LogP contribution is 2.32. The summed E-state index contributed by atoms with van der Waals surface area (Å²) in [6.45, 7) is 13.4. The zero-order valence-corrected chi connectivity index (χ0v) is 14.0. The second-order valence-electron chi connectivity index (χ2n) is 5.51. The van der Waals surface area contributed by atoms with Crippen molar-refractivity contribution in [2.45, 2.75) is 60.5 Å². The predicted octanol–water partition coefficient (Wildman–Crippen LogP) is 4.28. The fraction of sp³-hybridized carbons (Fsp3) is 0.600. The Morgan fingerprint density at radius 2 is 1.60 bits per heavy atom. The third kappa shape index (κ3) is 3.42. The van der Waals surface area contributed by atoms with Crippen LogP contribution in [0.1, 0.15) is 44.6 Å². The van der Waals surface area contributed by atoms with Gasteiger partial charge in [0.1, 0.15) is 5.02 Å². The Morgan fingerprint density at radius 1 is 1.10 bits per heavy atom. The van der Waals surface area contributed by atoms with Crippen LogP contribution in [-0.4, -0.2) is 28.1 Å². The van der Waals surface area contributed by atoms with Crippen LogP contribution in [-0.2, 0) is 0 Å². The zero-order valence-electron chi connectivity index (χ0n) is 13.2. The van der Waals surface area contributed by atoms with Gasteiger partial charge >= 0.3 is 6.09 Å². The molecular weight excluding hydrogens is 276 g/mol. The van der Waals surface area contributed by atoms with Crippen LogP contribution < -0.4 is 4.74 Å². The quantitative estimate of drug-likeness (QED) is 0.836. The number of rotatable bonds is 3. The molecule has 0 bridgehead atoms. The maximum absolute atomic E-state index is 12.3. The van der Waals surface area contributed by atoms with Crippen molar-refractivity contribution >= 4 is 17.7 Å². The Labute approximate surface area is 126 Å². The highest BCUT2D eigenvalue weighted by Gasteiger charge is 2.24. The van der Waals surface area contributed by atoms with Gasteiger partial charge in [0.25, 0.3) is 0 Å². The van der Waals surface area contributed by atoms with Crippen LogP contribution in [0.3, 0.4) is 0 Å². The van der Waals surface area contributed by atoms with Gasteiger partial charge in [-0.3, -0.25) is 4.98 Å². The first-order valence-corrected chi connectivity index (χ1v) is 7.18. The molecule has 1 aromatic heterocycles. The molecule has 1 rings (SSSR count). The first-order chi connectivity index (χ1) is 9.16. The minimum absolute atomic E-state index is 0.0608. The summed E-state index contributed by atoms with van der Waals surface area (Å²) in [5.74, 6) is 0.410. The fourth-order valence-electron chi connectivity index (χ4n) is 2.16. The third-order valence-electron chi connectivity index (χ3n) is 3.25. The second kappa shape index (κ2) is 6.44. The standard InChI is InChI=1S/C15H23ClN2O2/c1-8(2)18(9(3)4)15(19)20-14-10(5)11(6)17-12(7)13(14)16/h8-9H,1-7H3. The summed E-state index contributed by atoms with van der Waals surface area (Å²) in [7, 11) is 0. The van der Waals surface area contributed by atoms with E-state index in [-0.39, 0.29) is 18.2 Å². The van der Waals surface area contributed by atoms with Crippen molar-refractivity contribution < 1.29 is 9.53 Å². The lowest BCUT2D eigenvalue weighted by Gasteiger charge is -2.30. The van der Waals surface area contributed by atoms with Crippen LogP contribution in [0.4, 0.5) is 4.79 Å². The summed E-state index contributed by atoms with van der Waals surface area (Å²) in [5.41, 5.74) is 2.27. The number of hydrogen-bond donors (Lipinski definition) is 0. The van der Waals surface area contributed by atoms with E-state index in [1.807, 2.05) is 41.5 Å². The molecule has 0 aliphatic rings. The van der Waals surface area contributed by atoms with Gasteiger partial charge in [0.05, 0.1) is 5.69 Å². The summed E-state index contributed by atoms with van der Waals surface area (Å²) in [6.07, 6.45) is -0.384. The lowest BCUT2D eigenvalue weighted by atomic mass is 10.2. The van der Waals surface area contributed by atoms with Crippen molar-refractivity contribution in [2.24, 2.45) is 0 Å². The highest BCUT2D eigenvalue weighted by molar-refractivity contribution is 6.32. The van der Waals surface area contributed by atoms with Gasteiger partial charge in [-0.05, 0) is 48.5 Å². The minimum Gasteiger partial charge on any atom is -0.408 e. The molecule has 1 aromatic rings. The minimum atomic E-state index is -0.384. The van der Waals surface area contributed by atoms with Crippen molar-refractivity contribution in [1.29, 1.82) is 0 Å². The van der Waals surface area contributed by atoms with Crippen LogP contribution in [0.2, 0.25) is 5.02 Å². The van der Waals surface area contributed by atoms with E-state index in [4.69, 9.17) is 16.3 Å². The zero-order chi connectivity index (χ0) is 15.6. The van der Waals surface area contributed by atoms with E-state index in [1.54, 1.807) is 11.8 Å². The molecule has 0 atom stereocenters. The predicted molar refractivity (Wildman–Crippen MR) is 81.6 cm³/mol. The van der Waals surface area contributed by atoms with Crippen molar-refractivity contribution in [3.63, 3.8) is 0 Å². The summed E-state index contributed by atoms with van der Waals surface area (Å²) in [5, 5.41) is 0.397. The van der Waals surface area contributed by atoms with E-state index in [0.29, 0.717) is 16.5 Å². The molecule has 0 N–H and O–H groups in total. The van der Waals surface area contributed by atoms with E-state index < -0.39 is 0 Å². The second-order valence-corrected chi connectivity index (χ2v) is 5.89. The van der Waals surface area contributed by atoms with Gasteiger partial charge < -0.3 is 9.64 Å². The van der Waals surface area contributed by atoms with E-state index in [1.165, 1.54) is 0 Å². The molecule has 0 aliphatic carbocycles. The topological polar surface area (TPSA) is 42.4 Å². The van der Waals surface area contributed by atoms with Gasteiger partial charge in [-0.2, -0.15) is 0 Å². The van der Waals surface area contributed by atoms with Gasteiger partial charge in [0.2, 0.25) is 0 Å². The molecule has 1 amide bonds. The normalized spacial score (nSPS) is 11.1. The number of carbonyl (C=O) groups is 1. The molecule has 0 spiro atoms. The summed E-state index contributed by atoms with van der Waals surface area (Å²) < 4.78 is 5.54. The summed E-state index contributed by atoms with van der Waals surface area (Å²) in [4.78, 5) is 18.3. The first kappa shape index (κ1) is 16.8. The van der Waals surface area contributed by atoms with Crippen LogP contribution in [0.25, 0.3) is 0 Å². The van der Waals surface area contributed by atoms with Crippen LogP contribution in [0.5, 0.6) is 5.75 Å². The van der Waals surface area contributed by atoms with E-state index in [9.17, 15) is 4.79 Å². The van der Waals surface area contributed by atoms with Crippen LogP contribution in [0.15, 0.2) is 0 Å². The van der Waals surface area contributed by atoms with Gasteiger partial charge in [-0.15, -0.1) is 0 Å². The summed E-state index contributed by atoms with van der Waals surface area (Å²) >= 11 is 6.22. The number of carbonyl (C=O) groups excluding carboxylic acids is 1. The Bertz CT molecular complexity index is 479. The molecule has 0 unspecified atom stereocenters. The number of pyridine rings is 1. The number of amides is 1. The number of aromatic nitrogens is 1. The smallest absolute Gasteiger partial charge is 0.408 e. The molecule has 0 aromatic carbocycles. The molecular formula is C15H23ClN2O2. The highest BCUT2D eigenvalue weighted by atomic mass is 35.5. The Morgan fingerprint density at radius 3 is 2.05 bits per heavy atom. The molecule has 0 radical (unpaired) electrons. The number of hydrogen-bond acceptors (Lipinski definition) is 3. The summed E-state index contributed by atoms with van der Waals surface area (Å²) in [6, 6.07) is 0.122. The van der Waals surface area contributed by atoms with E-state index >= 15 is 0 Å². The molecule has 0 aliphatic heterocycles. The first-order valence-electron chi connectivity index (χ1n) is 6.80. The van der Waals surface area contributed by atoms with Crippen molar-refractivity contribution in [2.75, 3.05) is 0 Å². The van der Waals surface area contributed by atoms with Gasteiger partial charge in [0, 0.05) is 23.3 Å². The SMILES string of the molecule is Cc1nc(C)c(Cl)c(OC(=O)N(C(C)C)C(C)C)c1C. The molecule has 1 heterocycles. The molecule has 20 heavy (non-hydrogen) atoms. The van der Waals surface area contributed by atoms with Crippen molar-refractivity contribution in [1.82, 2.24) is 9.88 Å². The Hall–Kier alpha value is -1.29. The Kier molecular flexibility index (Phi) is 5.40. The average Bonchev–Trinajstić information content (AvgIpc) is 2.31. The molecule has 0 saturated carbocycles. The monoisotopic (exact) mass is 298 g/mol. The van der Waals surface area contributed by atoms with Gasteiger partial charge in [-0.1, -0.05) is 11.6 Å². The largest absolute Gasteiger partial charge is 0.415 e. The number of halogens is 1. The maximum atomic E-state index is 12.3. The molecule has 0 fully saturated rings. The van der Waals surface area contributed by atoms with Gasteiger partial charge in [0.15, 0.2) is 5.75 Å². The average molecular weight is 299 g/mol. The molecule has 4 nitrogen and oxygen atoms in total. The Balaban J connectivity index is 3.13. The fourth-order valence-corrected chi connectivity index (χ4v) is 2.38. The van der Waals surface area contributed by atoms with Crippen LogP contribution in [0, 0.1) is 20.8 Å². The molecule has 0 saturated heterocycles. The molecule has 112 valence electrons. The number of ether oxygens (including phenoxy) is 1.